The summed E-state index contributed by atoms with van der Waals surface area (Å²) in [6.45, 7) is 2.18. The second kappa shape index (κ2) is 5.17. The molecular formula is C13H19ClN2. The number of nitrogens with two attached hydrogens (primary N) is 1. The first kappa shape index (κ1) is 11.9. The fourth-order valence-corrected chi connectivity index (χ4v) is 2.59. The molecule has 0 amide bonds. The maximum absolute atomic E-state index is 5.98. The second-order valence-electron chi connectivity index (χ2n) is 4.71. The average Bonchev–Trinajstić information content (AvgIpc) is 2.64. The third kappa shape index (κ3) is 2.97. The highest BCUT2D eigenvalue weighted by atomic mass is 35.5. The largest absolute Gasteiger partial charge is 0.328 e. The molecule has 3 atom stereocenters. The molecule has 16 heavy (non-hydrogen) atoms. The maximum Gasteiger partial charge on any atom is 0.0409 e. The van der Waals surface area contributed by atoms with Gasteiger partial charge in [0.25, 0.3) is 0 Å². The highest BCUT2D eigenvalue weighted by Gasteiger charge is 2.22. The normalized spacial score (nSPS) is 26.9. The summed E-state index contributed by atoms with van der Waals surface area (Å²) in [7, 11) is 0. The Morgan fingerprint density at radius 3 is 2.88 bits per heavy atom. The van der Waals surface area contributed by atoms with Crippen molar-refractivity contribution in [2.45, 2.75) is 44.3 Å². The SMILES string of the molecule is C[C@H](NC1CCC(N)C1)c1cccc(Cl)c1. The van der Waals surface area contributed by atoms with Gasteiger partial charge in [-0.25, -0.2) is 0 Å². The number of nitrogens with one attached hydrogen (secondary N) is 1. The van der Waals surface area contributed by atoms with E-state index in [0.717, 1.165) is 17.9 Å². The number of rotatable bonds is 3. The maximum atomic E-state index is 5.98. The van der Waals surface area contributed by atoms with E-state index in [4.69, 9.17) is 17.3 Å². The summed E-state index contributed by atoms with van der Waals surface area (Å²) in [6, 6.07) is 9.31. The molecule has 0 aliphatic heterocycles. The molecule has 0 heterocycles. The van der Waals surface area contributed by atoms with Gasteiger partial charge in [0.05, 0.1) is 0 Å². The van der Waals surface area contributed by atoms with Crippen LogP contribution in [0.5, 0.6) is 0 Å². The summed E-state index contributed by atoms with van der Waals surface area (Å²) in [6.07, 6.45) is 3.41. The van der Waals surface area contributed by atoms with Crippen molar-refractivity contribution < 1.29 is 0 Å². The standard InChI is InChI=1S/C13H19ClN2/c1-9(10-3-2-4-11(14)7-10)16-13-6-5-12(15)8-13/h2-4,7,9,12-13,16H,5-6,8,15H2,1H3/t9-,12?,13?/m0/s1. The van der Waals surface area contributed by atoms with Gasteiger partial charge >= 0.3 is 0 Å². The van der Waals surface area contributed by atoms with Crippen molar-refractivity contribution in [1.82, 2.24) is 5.32 Å². The highest BCUT2D eigenvalue weighted by Crippen LogP contribution is 2.22. The number of halogens is 1. The van der Waals surface area contributed by atoms with Crippen LogP contribution in [-0.2, 0) is 0 Å². The number of hydrogen-bond acceptors (Lipinski definition) is 2. The average molecular weight is 239 g/mol. The minimum Gasteiger partial charge on any atom is -0.328 e. The molecule has 1 fully saturated rings. The Morgan fingerprint density at radius 2 is 2.25 bits per heavy atom. The summed E-state index contributed by atoms with van der Waals surface area (Å²) in [5, 5.41) is 4.41. The fraction of sp³-hybridized carbons (Fsp3) is 0.538. The molecule has 0 saturated heterocycles. The molecule has 1 aliphatic carbocycles. The van der Waals surface area contributed by atoms with Gasteiger partial charge in [0.15, 0.2) is 0 Å². The van der Waals surface area contributed by atoms with E-state index in [1.54, 1.807) is 0 Å². The summed E-state index contributed by atoms with van der Waals surface area (Å²) in [5.74, 6) is 0. The fourth-order valence-electron chi connectivity index (χ4n) is 2.39. The van der Waals surface area contributed by atoms with Gasteiger partial charge in [-0.3, -0.25) is 0 Å². The van der Waals surface area contributed by atoms with E-state index in [1.807, 2.05) is 18.2 Å². The van der Waals surface area contributed by atoms with Gasteiger partial charge in [0.2, 0.25) is 0 Å². The van der Waals surface area contributed by atoms with E-state index < -0.39 is 0 Å². The molecule has 0 bridgehead atoms. The minimum atomic E-state index is 0.342. The molecule has 2 unspecified atom stereocenters. The van der Waals surface area contributed by atoms with Crippen LogP contribution < -0.4 is 11.1 Å². The van der Waals surface area contributed by atoms with E-state index >= 15 is 0 Å². The van der Waals surface area contributed by atoms with Gasteiger partial charge in [-0.1, -0.05) is 23.7 Å². The van der Waals surface area contributed by atoms with Crippen molar-refractivity contribution in [2.24, 2.45) is 5.73 Å². The third-order valence-corrected chi connectivity index (χ3v) is 3.54. The smallest absolute Gasteiger partial charge is 0.0409 e. The van der Waals surface area contributed by atoms with E-state index in [0.29, 0.717) is 18.1 Å². The second-order valence-corrected chi connectivity index (χ2v) is 5.15. The topological polar surface area (TPSA) is 38.0 Å². The van der Waals surface area contributed by atoms with Gasteiger partial charge in [0.1, 0.15) is 0 Å². The van der Waals surface area contributed by atoms with Gasteiger partial charge in [0, 0.05) is 23.1 Å². The zero-order valence-electron chi connectivity index (χ0n) is 9.62. The zero-order chi connectivity index (χ0) is 11.5. The molecule has 1 aromatic rings. The first-order valence-corrected chi connectivity index (χ1v) is 6.30. The number of hydrogen-bond donors (Lipinski definition) is 2. The van der Waals surface area contributed by atoms with Crippen molar-refractivity contribution in [2.75, 3.05) is 0 Å². The Bertz CT molecular complexity index is 354. The van der Waals surface area contributed by atoms with Gasteiger partial charge < -0.3 is 11.1 Å². The quantitative estimate of drug-likeness (QED) is 0.850. The van der Waals surface area contributed by atoms with Crippen molar-refractivity contribution >= 4 is 11.6 Å². The summed E-state index contributed by atoms with van der Waals surface area (Å²) < 4.78 is 0. The molecule has 2 nitrogen and oxygen atoms in total. The third-order valence-electron chi connectivity index (χ3n) is 3.31. The van der Waals surface area contributed by atoms with Crippen LogP contribution in [0, 0.1) is 0 Å². The Hall–Kier alpha value is -0.570. The van der Waals surface area contributed by atoms with E-state index in [9.17, 15) is 0 Å². The van der Waals surface area contributed by atoms with Gasteiger partial charge in [-0.05, 0) is 43.9 Å². The Balaban J connectivity index is 1.95. The zero-order valence-corrected chi connectivity index (χ0v) is 10.4. The van der Waals surface area contributed by atoms with E-state index in [1.165, 1.54) is 12.0 Å². The van der Waals surface area contributed by atoms with E-state index in [-0.39, 0.29) is 0 Å². The van der Waals surface area contributed by atoms with Crippen molar-refractivity contribution in [1.29, 1.82) is 0 Å². The van der Waals surface area contributed by atoms with Gasteiger partial charge in [-0.2, -0.15) is 0 Å². The summed E-state index contributed by atoms with van der Waals surface area (Å²) in [5.41, 5.74) is 7.15. The molecule has 3 heteroatoms. The van der Waals surface area contributed by atoms with Crippen LogP contribution in [-0.4, -0.2) is 12.1 Å². The van der Waals surface area contributed by atoms with Crippen LogP contribution in [0.2, 0.25) is 5.02 Å². The first-order valence-electron chi connectivity index (χ1n) is 5.92. The van der Waals surface area contributed by atoms with Crippen LogP contribution >= 0.6 is 11.6 Å². The molecule has 88 valence electrons. The number of benzene rings is 1. The Kier molecular flexibility index (Phi) is 3.85. The lowest BCUT2D eigenvalue weighted by atomic mass is 10.1. The Labute approximate surface area is 102 Å². The monoisotopic (exact) mass is 238 g/mol. The van der Waals surface area contributed by atoms with Crippen LogP contribution in [0.15, 0.2) is 24.3 Å². The lowest BCUT2D eigenvalue weighted by molar-refractivity contribution is 0.457. The Morgan fingerprint density at radius 1 is 1.44 bits per heavy atom. The van der Waals surface area contributed by atoms with Crippen molar-refractivity contribution in [3.63, 3.8) is 0 Å². The lowest BCUT2D eigenvalue weighted by Gasteiger charge is -2.19. The molecule has 1 aromatic carbocycles. The van der Waals surface area contributed by atoms with Crippen molar-refractivity contribution in [3.8, 4) is 0 Å². The lowest BCUT2D eigenvalue weighted by Crippen LogP contribution is -2.30. The first-order chi connectivity index (χ1) is 7.65. The van der Waals surface area contributed by atoms with Gasteiger partial charge in [-0.15, -0.1) is 0 Å². The predicted octanol–water partition coefficient (Wildman–Crippen LogP) is 2.87. The van der Waals surface area contributed by atoms with Crippen LogP contribution in [0.3, 0.4) is 0 Å². The van der Waals surface area contributed by atoms with E-state index in [2.05, 4.69) is 18.3 Å². The van der Waals surface area contributed by atoms with Crippen LogP contribution in [0.25, 0.3) is 0 Å². The molecule has 0 spiro atoms. The van der Waals surface area contributed by atoms with Crippen molar-refractivity contribution in [3.05, 3.63) is 34.9 Å². The minimum absolute atomic E-state index is 0.342. The molecule has 3 N–H and O–H groups in total. The summed E-state index contributed by atoms with van der Waals surface area (Å²) >= 11 is 5.98. The van der Waals surface area contributed by atoms with Crippen LogP contribution in [0.1, 0.15) is 37.8 Å². The molecule has 2 rings (SSSR count). The molecule has 1 aliphatic rings. The molecule has 0 radical (unpaired) electrons. The molecule has 0 aromatic heterocycles. The molecule has 1 saturated carbocycles. The van der Waals surface area contributed by atoms with Crippen LogP contribution in [0.4, 0.5) is 0 Å². The predicted molar refractivity (Wildman–Crippen MR) is 68.6 cm³/mol. The molecular weight excluding hydrogens is 220 g/mol. The summed E-state index contributed by atoms with van der Waals surface area (Å²) in [4.78, 5) is 0. The highest BCUT2D eigenvalue weighted by molar-refractivity contribution is 6.30.